The zero-order valence-corrected chi connectivity index (χ0v) is 13.9. The van der Waals surface area contributed by atoms with E-state index < -0.39 is 11.9 Å². The molecule has 2 atom stereocenters. The van der Waals surface area contributed by atoms with Crippen LogP contribution in [0.2, 0.25) is 0 Å². The molecule has 2 rings (SSSR count). The molecule has 0 heterocycles. The molecule has 1 aliphatic carbocycles. The lowest BCUT2D eigenvalue weighted by Gasteiger charge is -2.17. The molecule has 7 nitrogen and oxygen atoms in total. The Labute approximate surface area is 141 Å². The molecule has 130 valence electrons. The van der Waals surface area contributed by atoms with Crippen molar-refractivity contribution in [3.63, 3.8) is 0 Å². The van der Waals surface area contributed by atoms with Crippen LogP contribution < -0.4 is 16.0 Å². The lowest BCUT2D eigenvalue weighted by atomic mass is 10.1. The summed E-state index contributed by atoms with van der Waals surface area (Å²) in [4.78, 5) is 35.1. The van der Waals surface area contributed by atoms with Gasteiger partial charge in [-0.15, -0.1) is 0 Å². The molecule has 24 heavy (non-hydrogen) atoms. The second-order valence-corrected chi connectivity index (χ2v) is 5.95. The van der Waals surface area contributed by atoms with Gasteiger partial charge in [-0.1, -0.05) is 19.4 Å². The normalized spacial score (nSPS) is 19.4. The van der Waals surface area contributed by atoms with E-state index in [1.54, 1.807) is 24.3 Å². The summed E-state index contributed by atoms with van der Waals surface area (Å²) in [7, 11) is 1.25. The molecular formula is C17H23N3O4. The number of carbonyl (C=O) groups excluding carboxylic acids is 3. The smallest absolute Gasteiger partial charge is 0.325 e. The molecule has 0 radical (unpaired) electrons. The summed E-state index contributed by atoms with van der Waals surface area (Å²) in [5.74, 6) is -0.456. The molecular weight excluding hydrogens is 310 g/mol. The number of hydrogen-bond donors (Lipinski definition) is 3. The Hall–Kier alpha value is -2.57. The van der Waals surface area contributed by atoms with Gasteiger partial charge < -0.3 is 20.7 Å². The number of ether oxygens (including phenoxy) is 1. The first-order valence-corrected chi connectivity index (χ1v) is 8.02. The van der Waals surface area contributed by atoms with E-state index in [0.717, 1.165) is 19.3 Å². The van der Waals surface area contributed by atoms with Crippen LogP contribution in [0.25, 0.3) is 0 Å². The molecule has 1 aromatic rings. The van der Waals surface area contributed by atoms with E-state index in [4.69, 9.17) is 0 Å². The third-order valence-corrected chi connectivity index (χ3v) is 4.18. The first kappa shape index (κ1) is 17.8. The summed E-state index contributed by atoms with van der Waals surface area (Å²) in [6, 6.07) is 6.45. The Balaban J connectivity index is 1.90. The van der Waals surface area contributed by atoms with Crippen molar-refractivity contribution in [2.45, 2.75) is 32.2 Å². The number of nitrogens with one attached hydrogen (secondary N) is 3. The fourth-order valence-corrected chi connectivity index (χ4v) is 2.76. The molecule has 3 amide bonds. The number of benzene rings is 1. The summed E-state index contributed by atoms with van der Waals surface area (Å²) >= 11 is 0. The van der Waals surface area contributed by atoms with Gasteiger partial charge in [0.05, 0.1) is 7.11 Å². The van der Waals surface area contributed by atoms with Crippen molar-refractivity contribution in [3.05, 3.63) is 29.8 Å². The highest BCUT2D eigenvalue weighted by molar-refractivity contribution is 5.98. The lowest BCUT2D eigenvalue weighted by Crippen LogP contribution is -2.39. The number of carbonyl (C=O) groups is 3. The number of esters is 1. The fraction of sp³-hybridized carbons (Fsp3) is 0.471. The number of amides is 3. The Morgan fingerprint density at radius 1 is 1.25 bits per heavy atom. The summed E-state index contributed by atoms with van der Waals surface area (Å²) in [5.41, 5.74) is 0.870. The maximum atomic E-state index is 12.1. The highest BCUT2D eigenvalue weighted by Crippen LogP contribution is 2.24. The number of methoxy groups -OCH3 is 1. The van der Waals surface area contributed by atoms with Crippen LogP contribution in [0.3, 0.4) is 0 Å². The molecule has 3 N–H and O–H groups in total. The van der Waals surface area contributed by atoms with Gasteiger partial charge in [-0.2, -0.15) is 0 Å². The summed E-state index contributed by atoms with van der Waals surface area (Å²) in [6.07, 6.45) is 3.24. The molecule has 0 aliphatic heterocycles. The second kappa shape index (κ2) is 8.33. The van der Waals surface area contributed by atoms with Crippen molar-refractivity contribution in [2.75, 3.05) is 19.0 Å². The van der Waals surface area contributed by atoms with E-state index in [1.807, 2.05) is 0 Å². The Kier molecular flexibility index (Phi) is 6.17. The molecule has 1 saturated carbocycles. The monoisotopic (exact) mass is 333 g/mol. The largest absolute Gasteiger partial charge is 0.468 e. The highest BCUT2D eigenvalue weighted by Gasteiger charge is 2.24. The molecule has 1 aromatic carbocycles. The van der Waals surface area contributed by atoms with Crippen LogP contribution in [0, 0.1) is 5.92 Å². The highest BCUT2D eigenvalue weighted by atomic mass is 16.5. The molecule has 0 unspecified atom stereocenters. The maximum absolute atomic E-state index is 12.1. The van der Waals surface area contributed by atoms with Crippen molar-refractivity contribution in [3.8, 4) is 0 Å². The van der Waals surface area contributed by atoms with E-state index in [1.165, 1.54) is 7.11 Å². The first-order chi connectivity index (χ1) is 11.5. The van der Waals surface area contributed by atoms with E-state index in [9.17, 15) is 14.4 Å². The summed E-state index contributed by atoms with van der Waals surface area (Å²) in [6.45, 7) is 1.93. The van der Waals surface area contributed by atoms with Crippen molar-refractivity contribution in [1.29, 1.82) is 0 Å². The Morgan fingerprint density at radius 2 is 2.04 bits per heavy atom. The molecule has 7 heteroatoms. The number of urea groups is 1. The zero-order chi connectivity index (χ0) is 17.5. The van der Waals surface area contributed by atoms with Gasteiger partial charge in [0, 0.05) is 17.3 Å². The molecule has 1 fully saturated rings. The molecule has 0 saturated heterocycles. The summed E-state index contributed by atoms with van der Waals surface area (Å²) < 4.78 is 4.47. The average molecular weight is 333 g/mol. The minimum atomic E-state index is -0.525. The van der Waals surface area contributed by atoms with Crippen LogP contribution in [0.4, 0.5) is 10.5 Å². The van der Waals surface area contributed by atoms with Gasteiger partial charge in [0.2, 0.25) is 0 Å². The maximum Gasteiger partial charge on any atom is 0.325 e. The van der Waals surface area contributed by atoms with E-state index in [2.05, 4.69) is 27.6 Å². The van der Waals surface area contributed by atoms with Crippen LogP contribution in [0.1, 0.15) is 36.5 Å². The van der Waals surface area contributed by atoms with E-state index >= 15 is 0 Å². The third kappa shape index (κ3) is 4.97. The standard InChI is InChI=1S/C17H23N3O4/c1-11-5-3-8-14(11)20-17(23)19-13-7-4-6-12(9-13)16(22)18-10-15(21)24-2/h4,6-7,9,11,14H,3,5,8,10H2,1-2H3,(H,18,22)(H2,19,20,23)/t11-,14-/m1/s1. The van der Waals surface area contributed by atoms with Crippen molar-refractivity contribution in [1.82, 2.24) is 10.6 Å². The topological polar surface area (TPSA) is 96.5 Å². The van der Waals surface area contributed by atoms with Gasteiger partial charge in [-0.3, -0.25) is 9.59 Å². The average Bonchev–Trinajstić information content (AvgIpc) is 2.97. The minimum absolute atomic E-state index is 0.191. The first-order valence-electron chi connectivity index (χ1n) is 8.02. The predicted molar refractivity (Wildman–Crippen MR) is 89.7 cm³/mol. The predicted octanol–water partition coefficient (Wildman–Crippen LogP) is 1.90. The zero-order valence-electron chi connectivity index (χ0n) is 13.9. The molecule has 0 bridgehead atoms. The van der Waals surface area contributed by atoms with Crippen LogP contribution in [0.15, 0.2) is 24.3 Å². The number of anilines is 1. The van der Waals surface area contributed by atoms with Gasteiger partial charge in [0.15, 0.2) is 0 Å². The van der Waals surface area contributed by atoms with Gasteiger partial charge in [0.25, 0.3) is 5.91 Å². The quantitative estimate of drug-likeness (QED) is 0.717. The van der Waals surface area contributed by atoms with Crippen LogP contribution in [-0.2, 0) is 9.53 Å². The second-order valence-electron chi connectivity index (χ2n) is 5.95. The number of rotatable bonds is 5. The van der Waals surface area contributed by atoms with Gasteiger partial charge in [-0.05, 0) is 37.0 Å². The van der Waals surface area contributed by atoms with Crippen LogP contribution in [-0.4, -0.2) is 37.6 Å². The van der Waals surface area contributed by atoms with Gasteiger partial charge >= 0.3 is 12.0 Å². The van der Waals surface area contributed by atoms with Gasteiger partial charge in [-0.25, -0.2) is 4.79 Å². The Morgan fingerprint density at radius 3 is 2.71 bits per heavy atom. The van der Waals surface area contributed by atoms with Crippen molar-refractivity contribution < 1.29 is 19.1 Å². The van der Waals surface area contributed by atoms with Crippen LogP contribution >= 0.6 is 0 Å². The van der Waals surface area contributed by atoms with Crippen LogP contribution in [0.5, 0.6) is 0 Å². The third-order valence-electron chi connectivity index (χ3n) is 4.18. The van der Waals surface area contributed by atoms with Crippen molar-refractivity contribution >= 4 is 23.6 Å². The summed E-state index contributed by atoms with van der Waals surface area (Å²) in [5, 5.41) is 8.15. The SMILES string of the molecule is COC(=O)CNC(=O)c1cccc(NC(=O)N[C@@H]2CCC[C@H]2C)c1. The van der Waals surface area contributed by atoms with Gasteiger partial charge in [0.1, 0.15) is 6.54 Å². The van der Waals surface area contributed by atoms with Crippen molar-refractivity contribution in [2.24, 2.45) is 5.92 Å². The molecule has 0 aromatic heterocycles. The van der Waals surface area contributed by atoms with E-state index in [0.29, 0.717) is 17.2 Å². The van der Waals surface area contributed by atoms with E-state index in [-0.39, 0.29) is 18.6 Å². The molecule has 0 spiro atoms. The number of hydrogen-bond acceptors (Lipinski definition) is 4. The minimum Gasteiger partial charge on any atom is -0.468 e. The Bertz CT molecular complexity index is 618. The lowest BCUT2D eigenvalue weighted by molar-refractivity contribution is -0.139. The molecule has 1 aliphatic rings. The fourth-order valence-electron chi connectivity index (χ4n) is 2.76.